The summed E-state index contributed by atoms with van der Waals surface area (Å²) < 4.78 is 15.2. The number of pyridine rings is 1. The zero-order valence-corrected chi connectivity index (χ0v) is 20.6. The van der Waals surface area contributed by atoms with Crippen LogP contribution in [0.1, 0.15) is 68.7 Å². The van der Waals surface area contributed by atoms with E-state index in [4.69, 9.17) is 9.84 Å². The summed E-state index contributed by atoms with van der Waals surface area (Å²) in [5, 5.41) is 8.79. The number of carboxylic acids is 1. The monoisotopic (exact) mass is 487 g/mol. The fourth-order valence-corrected chi connectivity index (χ4v) is 4.57. The second-order valence-corrected chi connectivity index (χ2v) is 9.14. The average Bonchev–Trinajstić information content (AvgIpc) is 3.37. The van der Waals surface area contributed by atoms with E-state index in [0.29, 0.717) is 43.7 Å². The van der Waals surface area contributed by atoms with Gasteiger partial charge in [-0.3, -0.25) is 14.6 Å². The van der Waals surface area contributed by atoms with Crippen LogP contribution in [0, 0.1) is 0 Å². The Bertz CT molecular complexity index is 1180. The summed E-state index contributed by atoms with van der Waals surface area (Å²) in [7, 11) is 0. The Morgan fingerprint density at radius 1 is 0.944 bits per heavy atom. The highest BCUT2D eigenvalue weighted by molar-refractivity contribution is 5.95. The van der Waals surface area contributed by atoms with Gasteiger partial charge >= 0.3 is 5.97 Å². The predicted molar refractivity (Wildman–Crippen MR) is 140 cm³/mol. The van der Waals surface area contributed by atoms with E-state index < -0.39 is 12.0 Å². The van der Waals surface area contributed by atoms with Crippen LogP contribution in [0.5, 0.6) is 5.75 Å². The van der Waals surface area contributed by atoms with Crippen LogP contribution in [0.25, 0.3) is 11.1 Å². The maximum atomic E-state index is 13.8. The number of unbranched alkanes of at least 4 members (excludes halogenated alkanes) is 2. The van der Waals surface area contributed by atoms with Gasteiger partial charge in [0.15, 0.2) is 0 Å². The highest BCUT2D eigenvalue weighted by atomic mass is 16.5. The zero-order valence-electron chi connectivity index (χ0n) is 21.6. The molecule has 1 saturated carbocycles. The lowest BCUT2D eigenvalue weighted by atomic mass is 10.0. The minimum absolute atomic E-state index is 0.151. The van der Waals surface area contributed by atoms with Gasteiger partial charge in [0, 0.05) is 42.5 Å². The van der Waals surface area contributed by atoms with E-state index in [1.165, 1.54) is 0 Å². The highest BCUT2D eigenvalue weighted by Crippen LogP contribution is 2.29. The molecule has 0 bridgehead atoms. The third kappa shape index (κ3) is 6.94. The summed E-state index contributed by atoms with van der Waals surface area (Å²) in [6.07, 6.45) is 9.01. The van der Waals surface area contributed by atoms with Gasteiger partial charge in [-0.25, -0.2) is 0 Å². The first kappa shape index (κ1) is 24.0. The van der Waals surface area contributed by atoms with Crippen molar-refractivity contribution in [1.82, 2.24) is 9.88 Å². The standard InChI is InChI=1S/C30H34N2O4/c33-29(34)12-2-1-7-21-36-28-11-6-3-8-26(28)22-32(27-9-4-5-10-27)30(35)25-15-13-23(14-16-25)24-17-19-31-20-18-24/h3,6,8,11,13-20,27H,1-2,4-5,7,9-10,12,21-22H2,(H,33,34)/i27D. The van der Waals surface area contributed by atoms with Crippen molar-refractivity contribution in [3.8, 4) is 16.9 Å². The van der Waals surface area contributed by atoms with E-state index in [2.05, 4.69) is 4.98 Å². The van der Waals surface area contributed by atoms with Crippen LogP contribution in [-0.2, 0) is 11.3 Å². The van der Waals surface area contributed by atoms with Crippen molar-refractivity contribution < 1.29 is 20.8 Å². The summed E-state index contributed by atoms with van der Waals surface area (Å²) >= 11 is 0. The van der Waals surface area contributed by atoms with Gasteiger partial charge in [0.05, 0.1) is 7.98 Å². The molecule has 0 atom stereocenters. The summed E-state index contributed by atoms with van der Waals surface area (Å²) in [5.74, 6) is -0.228. The fraction of sp³-hybridized carbons (Fsp3) is 0.367. The molecule has 1 aliphatic carbocycles. The molecular weight excluding hydrogens is 452 g/mol. The molecule has 3 aromatic rings. The van der Waals surface area contributed by atoms with Crippen LogP contribution < -0.4 is 4.74 Å². The molecule has 1 N–H and O–H groups in total. The molecule has 4 rings (SSSR count). The summed E-state index contributed by atoms with van der Waals surface area (Å²) in [6.45, 7) is 0.774. The minimum Gasteiger partial charge on any atom is -0.493 e. The molecule has 36 heavy (non-hydrogen) atoms. The average molecular weight is 488 g/mol. The molecule has 0 unspecified atom stereocenters. The van der Waals surface area contributed by atoms with Crippen molar-refractivity contribution in [1.29, 1.82) is 0 Å². The van der Waals surface area contributed by atoms with E-state index >= 15 is 0 Å². The first-order valence-electron chi connectivity index (χ1n) is 13.2. The number of aliphatic carboxylic acids is 1. The number of rotatable bonds is 12. The smallest absolute Gasteiger partial charge is 0.303 e. The summed E-state index contributed by atoms with van der Waals surface area (Å²) in [6, 6.07) is 18.1. The quantitative estimate of drug-likeness (QED) is 0.301. The Balaban J connectivity index is 1.49. The Labute approximate surface area is 214 Å². The van der Waals surface area contributed by atoms with E-state index in [0.717, 1.165) is 42.4 Å². The van der Waals surface area contributed by atoms with Crippen LogP contribution in [-0.4, -0.2) is 39.5 Å². The minimum atomic E-state index is -0.954. The van der Waals surface area contributed by atoms with Crippen molar-refractivity contribution in [3.05, 3.63) is 84.2 Å². The van der Waals surface area contributed by atoms with Crippen molar-refractivity contribution >= 4 is 11.9 Å². The predicted octanol–water partition coefficient (Wildman–Crippen LogP) is 6.36. The third-order valence-corrected chi connectivity index (χ3v) is 6.55. The molecule has 1 fully saturated rings. The molecule has 1 aromatic heterocycles. The van der Waals surface area contributed by atoms with Crippen molar-refractivity contribution in [2.45, 2.75) is 63.9 Å². The van der Waals surface area contributed by atoms with Gasteiger partial charge in [-0.05, 0) is 73.6 Å². The molecule has 2 aromatic carbocycles. The highest BCUT2D eigenvalue weighted by Gasteiger charge is 2.28. The van der Waals surface area contributed by atoms with Gasteiger partial charge < -0.3 is 14.7 Å². The zero-order chi connectivity index (χ0) is 26.1. The maximum Gasteiger partial charge on any atom is 0.303 e. The van der Waals surface area contributed by atoms with Gasteiger partial charge in [0.2, 0.25) is 0 Å². The number of nitrogens with zero attached hydrogens (tertiary/aromatic N) is 2. The number of ether oxygens (including phenoxy) is 1. The van der Waals surface area contributed by atoms with Crippen LogP contribution in [0.3, 0.4) is 0 Å². The number of aromatic nitrogens is 1. The number of carbonyl (C=O) groups is 2. The Morgan fingerprint density at radius 2 is 1.64 bits per heavy atom. The topological polar surface area (TPSA) is 79.7 Å². The second-order valence-electron chi connectivity index (χ2n) is 9.14. The second kappa shape index (κ2) is 12.9. The Kier molecular flexibility index (Phi) is 8.59. The van der Waals surface area contributed by atoms with Crippen LogP contribution >= 0.6 is 0 Å². The number of hydrogen-bond donors (Lipinski definition) is 1. The van der Waals surface area contributed by atoms with Crippen LogP contribution in [0.2, 0.25) is 0 Å². The molecule has 0 saturated heterocycles. The largest absolute Gasteiger partial charge is 0.493 e. The molecule has 188 valence electrons. The number of amides is 1. The number of benzene rings is 2. The van der Waals surface area contributed by atoms with E-state index in [-0.39, 0.29) is 12.3 Å². The molecule has 6 heteroatoms. The molecule has 1 heterocycles. The van der Waals surface area contributed by atoms with Crippen molar-refractivity contribution in [3.63, 3.8) is 0 Å². The molecule has 6 nitrogen and oxygen atoms in total. The molecule has 0 aliphatic heterocycles. The number of carbonyl (C=O) groups excluding carboxylic acids is 1. The lowest BCUT2D eigenvalue weighted by Gasteiger charge is -2.30. The number of hydrogen-bond acceptors (Lipinski definition) is 4. The van der Waals surface area contributed by atoms with Gasteiger partial charge in [-0.15, -0.1) is 0 Å². The van der Waals surface area contributed by atoms with Crippen molar-refractivity contribution in [2.24, 2.45) is 0 Å². The molecular formula is C30H34N2O4. The van der Waals surface area contributed by atoms with Gasteiger partial charge in [0.25, 0.3) is 5.91 Å². The van der Waals surface area contributed by atoms with Gasteiger partial charge in [0.1, 0.15) is 5.75 Å². The lowest BCUT2D eigenvalue weighted by Crippen LogP contribution is -2.38. The first-order chi connectivity index (χ1) is 18.0. The van der Waals surface area contributed by atoms with Gasteiger partial charge in [-0.1, -0.05) is 43.2 Å². The molecule has 1 aliphatic rings. The lowest BCUT2D eigenvalue weighted by molar-refractivity contribution is -0.137. The number of carboxylic acid groups (broad SMARTS) is 1. The van der Waals surface area contributed by atoms with Crippen LogP contribution in [0.4, 0.5) is 0 Å². The first-order valence-corrected chi connectivity index (χ1v) is 12.7. The number of para-hydroxylation sites is 1. The third-order valence-electron chi connectivity index (χ3n) is 6.55. The SMILES string of the molecule is [2H]C1(N(Cc2ccccc2OCCCCCC(=O)O)C(=O)c2ccc(-c3ccncc3)cc2)CCCC1. The van der Waals surface area contributed by atoms with Gasteiger partial charge in [-0.2, -0.15) is 0 Å². The Morgan fingerprint density at radius 3 is 2.36 bits per heavy atom. The van der Waals surface area contributed by atoms with E-state index in [1.807, 2.05) is 60.7 Å². The van der Waals surface area contributed by atoms with E-state index in [1.54, 1.807) is 17.3 Å². The summed E-state index contributed by atoms with van der Waals surface area (Å²) in [5.41, 5.74) is 3.48. The van der Waals surface area contributed by atoms with Crippen molar-refractivity contribution in [2.75, 3.05) is 6.61 Å². The Hall–Kier alpha value is -3.67. The summed E-state index contributed by atoms with van der Waals surface area (Å²) in [4.78, 5) is 30.3. The molecule has 0 spiro atoms. The van der Waals surface area contributed by atoms with Crippen LogP contribution in [0.15, 0.2) is 73.1 Å². The molecule has 0 radical (unpaired) electrons. The maximum absolute atomic E-state index is 13.8. The van der Waals surface area contributed by atoms with E-state index in [9.17, 15) is 11.0 Å². The fourth-order valence-electron chi connectivity index (χ4n) is 4.57. The normalized spacial score (nSPS) is 14.7. The molecule has 1 amide bonds.